The molecule has 0 atom stereocenters. The van der Waals surface area contributed by atoms with Crippen LogP contribution >= 0.6 is 15.9 Å². The third-order valence-electron chi connectivity index (χ3n) is 1.56. The molecule has 2 nitrogen and oxygen atoms in total. The van der Waals surface area contributed by atoms with Crippen LogP contribution in [0.4, 0.5) is 0 Å². The molecule has 3 heteroatoms. The van der Waals surface area contributed by atoms with E-state index in [0.29, 0.717) is 0 Å². The van der Waals surface area contributed by atoms with Crippen molar-refractivity contribution in [2.24, 2.45) is 0 Å². The van der Waals surface area contributed by atoms with Crippen LogP contribution in [0.1, 0.15) is 19.3 Å². The lowest BCUT2D eigenvalue weighted by Crippen LogP contribution is -1.99. The minimum atomic E-state index is -0.748. The van der Waals surface area contributed by atoms with Crippen molar-refractivity contribution in [1.82, 2.24) is 0 Å². The van der Waals surface area contributed by atoms with Gasteiger partial charge in [-0.25, -0.2) is 0 Å². The van der Waals surface area contributed by atoms with E-state index in [1.807, 2.05) is 12.2 Å². The molecule has 1 N–H and O–H groups in total. The largest absolute Gasteiger partial charge is 0.481 e. The van der Waals surface area contributed by atoms with E-state index in [0.717, 1.165) is 22.9 Å². The van der Waals surface area contributed by atoms with Crippen molar-refractivity contribution in [2.45, 2.75) is 19.3 Å². The number of carboxylic acid groups (broad SMARTS) is 1. The Morgan fingerprint density at radius 2 is 2.27 bits per heavy atom. The molecule has 0 fully saturated rings. The summed E-state index contributed by atoms with van der Waals surface area (Å²) in [6.45, 7) is 0. The quantitative estimate of drug-likeness (QED) is 0.771. The summed E-state index contributed by atoms with van der Waals surface area (Å²) >= 11 is 3.35. The van der Waals surface area contributed by atoms with E-state index in [4.69, 9.17) is 5.11 Å². The average Bonchev–Trinajstić information content (AvgIpc) is 1.93. The zero-order valence-electron chi connectivity index (χ0n) is 6.01. The van der Waals surface area contributed by atoms with Gasteiger partial charge in [-0.15, -0.1) is 0 Å². The van der Waals surface area contributed by atoms with Crippen molar-refractivity contribution in [3.63, 3.8) is 0 Å². The van der Waals surface area contributed by atoms with Crippen molar-refractivity contribution in [2.75, 3.05) is 0 Å². The Kier molecular flexibility index (Phi) is 2.88. The molecule has 0 unspecified atom stereocenters. The molecule has 0 aromatic rings. The highest BCUT2D eigenvalue weighted by molar-refractivity contribution is 9.11. The van der Waals surface area contributed by atoms with Gasteiger partial charge in [-0.05, 0) is 17.3 Å². The summed E-state index contributed by atoms with van der Waals surface area (Å²) in [4.78, 5) is 10.3. The molecule has 0 saturated heterocycles. The molecule has 1 aliphatic rings. The number of hydrogen-bond donors (Lipinski definition) is 1. The molecule has 1 aliphatic carbocycles. The number of halogens is 1. The second-order valence-electron chi connectivity index (χ2n) is 2.51. The first kappa shape index (κ1) is 8.53. The van der Waals surface area contributed by atoms with Crippen LogP contribution < -0.4 is 0 Å². The zero-order chi connectivity index (χ0) is 8.27. The first-order chi connectivity index (χ1) is 5.18. The van der Waals surface area contributed by atoms with Crippen LogP contribution in [0.25, 0.3) is 0 Å². The minimum Gasteiger partial charge on any atom is -0.481 e. The highest BCUT2D eigenvalue weighted by atomic mass is 79.9. The van der Waals surface area contributed by atoms with Gasteiger partial charge in [-0.3, -0.25) is 4.79 Å². The topological polar surface area (TPSA) is 37.3 Å². The maximum absolute atomic E-state index is 10.3. The van der Waals surface area contributed by atoms with Crippen molar-refractivity contribution >= 4 is 21.9 Å². The second-order valence-corrected chi connectivity index (χ2v) is 3.53. The Bertz CT molecular complexity index is 228. The molecule has 0 spiro atoms. The summed E-state index contributed by atoms with van der Waals surface area (Å²) in [5, 5.41) is 8.46. The summed E-state index contributed by atoms with van der Waals surface area (Å²) in [5.41, 5.74) is 1.00. The Hall–Kier alpha value is -0.570. The Morgan fingerprint density at radius 3 is 2.73 bits per heavy atom. The van der Waals surface area contributed by atoms with Crippen molar-refractivity contribution in [1.29, 1.82) is 0 Å². The zero-order valence-corrected chi connectivity index (χ0v) is 7.60. The van der Waals surface area contributed by atoms with Crippen LogP contribution in [0.15, 0.2) is 22.2 Å². The maximum Gasteiger partial charge on any atom is 0.307 e. The Labute approximate surface area is 73.7 Å². The van der Waals surface area contributed by atoms with E-state index in [-0.39, 0.29) is 6.42 Å². The molecule has 0 radical (unpaired) electrons. The molecular weight excluding hydrogens is 208 g/mol. The smallest absolute Gasteiger partial charge is 0.307 e. The standard InChI is InChI=1S/C8H9BrO2/c9-7-3-1-6(2-4-7)5-8(10)11/h1,3H,2,4-5H2,(H,10,11). The molecular formula is C8H9BrO2. The fourth-order valence-electron chi connectivity index (χ4n) is 0.996. The molecule has 1 rings (SSSR count). The lowest BCUT2D eigenvalue weighted by molar-refractivity contribution is -0.136. The normalized spacial score (nSPS) is 17.2. The SMILES string of the molecule is O=C(O)CC1=CC=C(Br)CC1. The first-order valence-electron chi connectivity index (χ1n) is 3.44. The lowest BCUT2D eigenvalue weighted by atomic mass is 10.0. The van der Waals surface area contributed by atoms with Crippen LogP contribution in [-0.4, -0.2) is 11.1 Å². The molecule has 0 saturated carbocycles. The summed E-state index contributed by atoms with van der Waals surface area (Å²) in [6.07, 6.45) is 5.77. The highest BCUT2D eigenvalue weighted by Crippen LogP contribution is 2.23. The van der Waals surface area contributed by atoms with Crippen LogP contribution in [-0.2, 0) is 4.79 Å². The number of rotatable bonds is 2. The monoisotopic (exact) mass is 216 g/mol. The minimum absolute atomic E-state index is 0.177. The average molecular weight is 217 g/mol. The van der Waals surface area contributed by atoms with Gasteiger partial charge in [0.05, 0.1) is 6.42 Å². The summed E-state index contributed by atoms with van der Waals surface area (Å²) < 4.78 is 1.15. The van der Waals surface area contributed by atoms with Gasteiger partial charge in [0, 0.05) is 0 Å². The van der Waals surface area contributed by atoms with Gasteiger partial charge in [0.1, 0.15) is 0 Å². The molecule has 0 bridgehead atoms. The predicted octanol–water partition coefficient (Wildman–Crippen LogP) is 2.46. The Balaban J connectivity index is 2.54. The van der Waals surface area contributed by atoms with Gasteiger partial charge < -0.3 is 5.11 Å². The van der Waals surface area contributed by atoms with Crippen molar-refractivity contribution in [3.8, 4) is 0 Å². The van der Waals surface area contributed by atoms with Crippen LogP contribution in [0.2, 0.25) is 0 Å². The van der Waals surface area contributed by atoms with Gasteiger partial charge in [-0.2, -0.15) is 0 Å². The van der Waals surface area contributed by atoms with Gasteiger partial charge in [0.2, 0.25) is 0 Å². The molecule has 60 valence electrons. The fraction of sp³-hybridized carbons (Fsp3) is 0.375. The number of allylic oxidation sites excluding steroid dienone is 3. The number of aliphatic carboxylic acids is 1. The van der Waals surface area contributed by atoms with Gasteiger partial charge in [-0.1, -0.05) is 33.7 Å². The maximum atomic E-state index is 10.3. The van der Waals surface area contributed by atoms with E-state index in [9.17, 15) is 4.79 Å². The number of carboxylic acids is 1. The fourth-order valence-corrected chi connectivity index (χ4v) is 1.33. The van der Waals surface area contributed by atoms with Gasteiger partial charge in [0.25, 0.3) is 0 Å². The molecule has 0 aliphatic heterocycles. The van der Waals surface area contributed by atoms with E-state index < -0.39 is 5.97 Å². The van der Waals surface area contributed by atoms with Gasteiger partial charge >= 0.3 is 5.97 Å². The van der Waals surface area contributed by atoms with E-state index >= 15 is 0 Å². The van der Waals surface area contributed by atoms with Crippen LogP contribution in [0.3, 0.4) is 0 Å². The second kappa shape index (κ2) is 3.72. The first-order valence-corrected chi connectivity index (χ1v) is 4.23. The van der Waals surface area contributed by atoms with E-state index in [1.54, 1.807) is 0 Å². The number of carbonyl (C=O) groups is 1. The van der Waals surface area contributed by atoms with Crippen LogP contribution in [0, 0.1) is 0 Å². The summed E-state index contributed by atoms with van der Waals surface area (Å²) in [6, 6.07) is 0. The van der Waals surface area contributed by atoms with E-state index in [2.05, 4.69) is 15.9 Å². The molecule has 0 amide bonds. The predicted molar refractivity (Wildman–Crippen MR) is 46.6 cm³/mol. The lowest BCUT2D eigenvalue weighted by Gasteiger charge is -2.07. The van der Waals surface area contributed by atoms with E-state index in [1.165, 1.54) is 0 Å². The van der Waals surface area contributed by atoms with Gasteiger partial charge in [0.15, 0.2) is 0 Å². The summed E-state index contributed by atoms with van der Waals surface area (Å²) in [5.74, 6) is -0.748. The third-order valence-corrected chi connectivity index (χ3v) is 2.22. The third kappa shape index (κ3) is 2.89. The van der Waals surface area contributed by atoms with Crippen molar-refractivity contribution < 1.29 is 9.90 Å². The molecule has 0 aromatic heterocycles. The summed E-state index contributed by atoms with van der Waals surface area (Å²) in [7, 11) is 0. The number of hydrogen-bond acceptors (Lipinski definition) is 1. The molecule has 11 heavy (non-hydrogen) atoms. The van der Waals surface area contributed by atoms with Crippen LogP contribution in [0.5, 0.6) is 0 Å². The highest BCUT2D eigenvalue weighted by Gasteiger charge is 2.07. The molecule has 0 heterocycles. The Morgan fingerprint density at radius 1 is 1.55 bits per heavy atom. The van der Waals surface area contributed by atoms with Crippen molar-refractivity contribution in [3.05, 3.63) is 22.2 Å². The molecule has 0 aromatic carbocycles.